The van der Waals surface area contributed by atoms with E-state index in [0.29, 0.717) is 23.0 Å². The first-order chi connectivity index (χ1) is 12.6. The standard InChI is InChI=1S/C20H27IN2O3/c1-25-20(24)17-10-14(18(22)11-19(17)26-16-6-7-16)12-23-15-4-2-13(3-5-15)8-9-21/h10-13,15-16H,2-9,22H2,1H3. The van der Waals surface area contributed by atoms with Gasteiger partial charge in [-0.2, -0.15) is 0 Å². The number of aliphatic imine (C=N–C) groups is 1. The smallest absolute Gasteiger partial charge is 0.341 e. The second kappa shape index (κ2) is 9.06. The molecule has 0 aliphatic heterocycles. The van der Waals surface area contributed by atoms with E-state index in [2.05, 4.69) is 22.6 Å². The Hall–Kier alpha value is -1.31. The highest BCUT2D eigenvalue weighted by molar-refractivity contribution is 14.1. The van der Waals surface area contributed by atoms with E-state index < -0.39 is 5.97 Å². The largest absolute Gasteiger partial charge is 0.489 e. The fraction of sp³-hybridized carbons (Fsp3) is 0.600. The number of hydrogen-bond acceptors (Lipinski definition) is 5. The summed E-state index contributed by atoms with van der Waals surface area (Å²) < 4.78 is 12.0. The molecule has 0 aromatic heterocycles. The normalized spacial score (nSPS) is 23.2. The zero-order valence-electron chi connectivity index (χ0n) is 15.2. The minimum absolute atomic E-state index is 0.190. The van der Waals surface area contributed by atoms with Gasteiger partial charge in [0.25, 0.3) is 0 Å². The quantitative estimate of drug-likeness (QED) is 0.211. The first-order valence-corrected chi connectivity index (χ1v) is 10.9. The molecule has 1 aromatic carbocycles. The summed E-state index contributed by atoms with van der Waals surface area (Å²) >= 11 is 2.46. The minimum Gasteiger partial charge on any atom is -0.489 e. The van der Waals surface area contributed by atoms with E-state index in [1.807, 2.05) is 6.21 Å². The summed E-state index contributed by atoms with van der Waals surface area (Å²) in [4.78, 5) is 16.9. The van der Waals surface area contributed by atoms with Gasteiger partial charge in [-0.25, -0.2) is 4.79 Å². The molecule has 6 heteroatoms. The summed E-state index contributed by atoms with van der Waals surface area (Å²) in [7, 11) is 1.38. The van der Waals surface area contributed by atoms with Crippen LogP contribution >= 0.6 is 22.6 Å². The molecule has 0 unspecified atom stereocenters. The maximum Gasteiger partial charge on any atom is 0.341 e. The highest BCUT2D eigenvalue weighted by atomic mass is 127. The van der Waals surface area contributed by atoms with Crippen LogP contribution in [0, 0.1) is 5.92 Å². The Morgan fingerprint density at radius 3 is 2.62 bits per heavy atom. The maximum atomic E-state index is 12.1. The number of ether oxygens (including phenoxy) is 2. The van der Waals surface area contributed by atoms with Crippen molar-refractivity contribution in [2.24, 2.45) is 10.9 Å². The van der Waals surface area contributed by atoms with Gasteiger partial charge in [-0.05, 0) is 61.4 Å². The monoisotopic (exact) mass is 470 g/mol. The lowest BCUT2D eigenvalue weighted by Crippen LogP contribution is -2.17. The summed E-state index contributed by atoms with van der Waals surface area (Å²) in [5.41, 5.74) is 7.93. The zero-order chi connectivity index (χ0) is 18.5. The fourth-order valence-corrected chi connectivity index (χ4v) is 4.26. The Morgan fingerprint density at radius 1 is 1.27 bits per heavy atom. The molecule has 0 radical (unpaired) electrons. The van der Waals surface area contributed by atoms with Crippen molar-refractivity contribution in [3.8, 4) is 5.75 Å². The summed E-state index contributed by atoms with van der Waals surface area (Å²) in [6, 6.07) is 3.82. The number of benzene rings is 1. The first-order valence-electron chi connectivity index (χ1n) is 9.38. The van der Waals surface area contributed by atoms with Crippen LogP contribution in [0.1, 0.15) is 60.9 Å². The van der Waals surface area contributed by atoms with Crippen molar-refractivity contribution in [3.63, 3.8) is 0 Å². The molecule has 1 aromatic rings. The number of nitrogens with two attached hydrogens (primary N) is 1. The average molecular weight is 470 g/mol. The number of nitrogen functional groups attached to an aromatic ring is 1. The van der Waals surface area contributed by atoms with E-state index in [1.54, 1.807) is 12.1 Å². The van der Waals surface area contributed by atoms with Gasteiger partial charge in [0.2, 0.25) is 0 Å². The van der Waals surface area contributed by atoms with E-state index >= 15 is 0 Å². The molecule has 5 nitrogen and oxygen atoms in total. The van der Waals surface area contributed by atoms with Crippen LogP contribution in [0.5, 0.6) is 5.75 Å². The number of halogens is 1. The third-order valence-corrected chi connectivity index (χ3v) is 5.79. The molecule has 0 bridgehead atoms. The van der Waals surface area contributed by atoms with Crippen LogP contribution in [0.2, 0.25) is 0 Å². The summed E-state index contributed by atoms with van der Waals surface area (Å²) in [5.74, 6) is 0.955. The van der Waals surface area contributed by atoms with Crippen LogP contribution in [-0.4, -0.2) is 35.9 Å². The van der Waals surface area contributed by atoms with E-state index in [9.17, 15) is 4.79 Å². The van der Waals surface area contributed by atoms with Gasteiger partial charge in [0.05, 0.1) is 13.2 Å². The summed E-state index contributed by atoms with van der Waals surface area (Å²) in [6.07, 6.45) is 10.1. The minimum atomic E-state index is -0.408. The van der Waals surface area contributed by atoms with Crippen molar-refractivity contribution in [1.82, 2.24) is 0 Å². The molecule has 26 heavy (non-hydrogen) atoms. The molecular formula is C20H27IN2O3. The molecule has 142 valence electrons. The molecule has 2 aliphatic rings. The Bertz CT molecular complexity index is 665. The SMILES string of the molecule is COC(=O)c1cc(C=NC2CCC(CCI)CC2)c(N)cc1OC1CC1. The molecule has 2 saturated carbocycles. The van der Waals surface area contributed by atoms with Crippen molar-refractivity contribution in [1.29, 1.82) is 0 Å². The number of rotatable bonds is 7. The number of hydrogen-bond donors (Lipinski definition) is 1. The Kier molecular flexibility index (Phi) is 6.78. The molecular weight excluding hydrogens is 443 g/mol. The number of anilines is 1. The molecule has 0 spiro atoms. The van der Waals surface area contributed by atoms with Crippen molar-refractivity contribution < 1.29 is 14.3 Å². The molecule has 2 aliphatic carbocycles. The van der Waals surface area contributed by atoms with E-state index in [0.717, 1.165) is 37.2 Å². The van der Waals surface area contributed by atoms with Crippen LogP contribution in [0.25, 0.3) is 0 Å². The predicted octanol–water partition coefficient (Wildman–Crippen LogP) is 4.40. The molecule has 3 rings (SSSR count). The highest BCUT2D eigenvalue weighted by Gasteiger charge is 2.27. The molecule has 0 atom stereocenters. The van der Waals surface area contributed by atoms with Gasteiger partial charge in [-0.15, -0.1) is 0 Å². The van der Waals surface area contributed by atoms with Gasteiger partial charge in [0.15, 0.2) is 0 Å². The average Bonchev–Trinajstić information content (AvgIpc) is 3.46. The lowest BCUT2D eigenvalue weighted by molar-refractivity contribution is 0.0595. The molecule has 0 amide bonds. The number of carbonyl (C=O) groups is 1. The van der Waals surface area contributed by atoms with E-state index in [-0.39, 0.29) is 6.10 Å². The van der Waals surface area contributed by atoms with Gasteiger partial charge in [0, 0.05) is 29.6 Å². The van der Waals surface area contributed by atoms with Crippen LogP contribution in [0.4, 0.5) is 5.69 Å². The number of nitrogens with zero attached hydrogens (tertiary/aromatic N) is 1. The van der Waals surface area contributed by atoms with Crippen LogP contribution < -0.4 is 10.5 Å². The number of esters is 1. The third kappa shape index (κ3) is 5.11. The number of carbonyl (C=O) groups excluding carboxylic acids is 1. The van der Waals surface area contributed by atoms with Gasteiger partial charge >= 0.3 is 5.97 Å². The van der Waals surface area contributed by atoms with Crippen molar-refractivity contribution in [2.45, 2.75) is 57.1 Å². The van der Waals surface area contributed by atoms with Gasteiger partial charge < -0.3 is 15.2 Å². The molecule has 0 heterocycles. The van der Waals surface area contributed by atoms with Crippen LogP contribution in [-0.2, 0) is 4.74 Å². The second-order valence-electron chi connectivity index (χ2n) is 7.22. The van der Waals surface area contributed by atoms with Crippen LogP contribution in [0.15, 0.2) is 17.1 Å². The predicted molar refractivity (Wildman–Crippen MR) is 113 cm³/mol. The number of alkyl halides is 1. The highest BCUT2D eigenvalue weighted by Crippen LogP contribution is 2.33. The van der Waals surface area contributed by atoms with E-state index in [1.165, 1.54) is 30.8 Å². The van der Waals surface area contributed by atoms with Gasteiger partial charge in [-0.3, -0.25) is 4.99 Å². The van der Waals surface area contributed by atoms with Gasteiger partial charge in [-0.1, -0.05) is 22.6 Å². The van der Waals surface area contributed by atoms with Crippen molar-refractivity contribution >= 4 is 40.5 Å². The Labute approximate surface area is 168 Å². The Morgan fingerprint density at radius 2 is 2.00 bits per heavy atom. The van der Waals surface area contributed by atoms with Crippen LogP contribution in [0.3, 0.4) is 0 Å². The van der Waals surface area contributed by atoms with Gasteiger partial charge in [0.1, 0.15) is 11.3 Å². The topological polar surface area (TPSA) is 73.9 Å². The molecule has 2 fully saturated rings. The maximum absolute atomic E-state index is 12.1. The first kappa shape index (κ1) is 19.5. The summed E-state index contributed by atoms with van der Waals surface area (Å²) in [5, 5.41) is 0. The third-order valence-electron chi connectivity index (χ3n) is 5.17. The Balaban J connectivity index is 1.71. The van der Waals surface area contributed by atoms with Crippen molar-refractivity contribution in [3.05, 3.63) is 23.3 Å². The summed E-state index contributed by atoms with van der Waals surface area (Å²) in [6.45, 7) is 0. The second-order valence-corrected chi connectivity index (χ2v) is 8.30. The van der Waals surface area contributed by atoms with E-state index in [4.69, 9.17) is 20.2 Å². The zero-order valence-corrected chi connectivity index (χ0v) is 17.4. The van der Waals surface area contributed by atoms with Crippen molar-refractivity contribution in [2.75, 3.05) is 17.3 Å². The lowest BCUT2D eigenvalue weighted by Gasteiger charge is -2.25. The molecule has 2 N–H and O–H groups in total. The molecule has 0 saturated heterocycles. The number of methoxy groups -OCH3 is 1. The lowest BCUT2D eigenvalue weighted by atomic mass is 9.85. The fourth-order valence-electron chi connectivity index (χ4n) is 3.38.